The van der Waals surface area contributed by atoms with Gasteiger partial charge in [0.1, 0.15) is 5.82 Å². The van der Waals surface area contributed by atoms with Gasteiger partial charge in [0.05, 0.1) is 29.0 Å². The standard InChI is InChI=1S/C29H25F3N6O/c1-18-13-22-14-21(7-10-25(22)35-27(18)33)28(39)38(17-24-9-8-23(15-34-24)29(30,31)32)16-19-3-5-20(6-4-19)26-11-12-37(2)36-26/h3-15H,16-17H2,1-2H3,(H2,33,35). The molecule has 1 amide bonds. The Morgan fingerprint density at radius 2 is 1.77 bits per heavy atom. The van der Waals surface area contributed by atoms with Crippen molar-refractivity contribution in [2.75, 3.05) is 5.73 Å². The van der Waals surface area contributed by atoms with Crippen molar-refractivity contribution < 1.29 is 18.0 Å². The van der Waals surface area contributed by atoms with Gasteiger partial charge in [0.15, 0.2) is 0 Å². The van der Waals surface area contributed by atoms with Crippen LogP contribution in [0.5, 0.6) is 0 Å². The molecule has 7 nitrogen and oxygen atoms in total. The van der Waals surface area contributed by atoms with E-state index < -0.39 is 11.7 Å². The van der Waals surface area contributed by atoms with Crippen molar-refractivity contribution in [3.63, 3.8) is 0 Å². The predicted molar refractivity (Wildman–Crippen MR) is 142 cm³/mol. The Morgan fingerprint density at radius 3 is 2.41 bits per heavy atom. The monoisotopic (exact) mass is 530 g/mol. The van der Waals surface area contributed by atoms with Gasteiger partial charge in [-0.15, -0.1) is 0 Å². The number of fused-ring (bicyclic) bond motifs is 1. The molecule has 5 rings (SSSR count). The molecule has 0 aliphatic carbocycles. The number of benzene rings is 2. The molecule has 39 heavy (non-hydrogen) atoms. The number of amides is 1. The molecule has 0 bridgehead atoms. The number of pyridine rings is 2. The normalized spacial score (nSPS) is 11.6. The van der Waals surface area contributed by atoms with Crippen molar-refractivity contribution in [2.45, 2.75) is 26.2 Å². The summed E-state index contributed by atoms with van der Waals surface area (Å²) in [6.07, 6.45) is -1.85. The molecule has 0 saturated carbocycles. The van der Waals surface area contributed by atoms with E-state index in [2.05, 4.69) is 15.1 Å². The number of halogens is 3. The Labute approximate surface area is 222 Å². The minimum absolute atomic E-state index is 0.0238. The molecule has 0 fully saturated rings. The van der Waals surface area contributed by atoms with E-state index in [1.54, 1.807) is 27.8 Å². The number of carbonyl (C=O) groups excluding carboxylic acids is 1. The van der Waals surface area contributed by atoms with Gasteiger partial charge in [0.25, 0.3) is 5.91 Å². The smallest absolute Gasteiger partial charge is 0.383 e. The van der Waals surface area contributed by atoms with E-state index in [1.165, 1.54) is 6.07 Å². The molecule has 198 valence electrons. The third-order valence-corrected chi connectivity index (χ3v) is 6.42. The van der Waals surface area contributed by atoms with Crippen molar-refractivity contribution in [1.82, 2.24) is 24.6 Å². The first-order valence-electron chi connectivity index (χ1n) is 12.1. The molecule has 0 aliphatic heterocycles. The number of hydrogen-bond acceptors (Lipinski definition) is 5. The molecular weight excluding hydrogens is 505 g/mol. The third kappa shape index (κ3) is 5.74. The number of nitrogens with two attached hydrogens (primary N) is 1. The van der Waals surface area contributed by atoms with Gasteiger partial charge in [-0.05, 0) is 60.5 Å². The van der Waals surface area contributed by atoms with Gasteiger partial charge in [-0.2, -0.15) is 18.3 Å². The van der Waals surface area contributed by atoms with Crippen LogP contribution in [0.25, 0.3) is 22.2 Å². The van der Waals surface area contributed by atoms with E-state index in [-0.39, 0.29) is 19.0 Å². The highest BCUT2D eigenvalue weighted by Gasteiger charge is 2.30. The van der Waals surface area contributed by atoms with Gasteiger partial charge in [0, 0.05) is 42.5 Å². The number of carbonyl (C=O) groups is 1. The van der Waals surface area contributed by atoms with Crippen LogP contribution >= 0.6 is 0 Å². The molecule has 5 aromatic rings. The second-order valence-corrected chi connectivity index (χ2v) is 9.37. The first-order valence-corrected chi connectivity index (χ1v) is 12.1. The Hall–Kier alpha value is -4.73. The maximum atomic E-state index is 13.7. The Morgan fingerprint density at radius 1 is 1.00 bits per heavy atom. The molecule has 0 spiro atoms. The van der Waals surface area contributed by atoms with Crippen LogP contribution in [0, 0.1) is 6.92 Å². The molecule has 0 unspecified atom stereocenters. The average molecular weight is 531 g/mol. The molecule has 0 atom stereocenters. The minimum atomic E-state index is -4.49. The van der Waals surface area contributed by atoms with E-state index in [0.29, 0.717) is 22.6 Å². The zero-order valence-corrected chi connectivity index (χ0v) is 21.3. The second-order valence-electron chi connectivity index (χ2n) is 9.37. The first kappa shape index (κ1) is 25.9. The van der Waals surface area contributed by atoms with Crippen molar-refractivity contribution in [1.29, 1.82) is 0 Å². The summed E-state index contributed by atoms with van der Waals surface area (Å²) in [6.45, 7) is 2.09. The van der Waals surface area contributed by atoms with Crippen LogP contribution in [0.3, 0.4) is 0 Å². The van der Waals surface area contributed by atoms with Crippen molar-refractivity contribution in [3.05, 3.63) is 107 Å². The predicted octanol–water partition coefficient (Wildman–Crippen LogP) is 5.78. The maximum Gasteiger partial charge on any atom is 0.417 e. The van der Waals surface area contributed by atoms with Crippen molar-refractivity contribution in [3.8, 4) is 11.3 Å². The molecular formula is C29H25F3N6O. The van der Waals surface area contributed by atoms with Crippen LogP contribution in [0.15, 0.2) is 79.1 Å². The molecule has 3 heterocycles. The number of anilines is 1. The highest BCUT2D eigenvalue weighted by atomic mass is 19.4. The molecule has 2 N–H and O–H groups in total. The van der Waals surface area contributed by atoms with Gasteiger partial charge < -0.3 is 10.6 Å². The molecule has 0 radical (unpaired) electrons. The molecule has 0 aliphatic rings. The van der Waals surface area contributed by atoms with E-state index in [0.717, 1.165) is 40.0 Å². The SMILES string of the molecule is Cc1cc2cc(C(=O)N(Cc3ccc(-c4ccn(C)n4)cc3)Cc3ccc(C(F)(F)F)cn3)ccc2nc1N. The zero-order chi connectivity index (χ0) is 27.7. The fraction of sp³-hybridized carbons (Fsp3) is 0.172. The van der Waals surface area contributed by atoms with E-state index in [4.69, 9.17) is 5.73 Å². The van der Waals surface area contributed by atoms with E-state index >= 15 is 0 Å². The van der Waals surface area contributed by atoms with Crippen LogP contribution in [-0.4, -0.2) is 30.6 Å². The first-order chi connectivity index (χ1) is 18.6. The third-order valence-electron chi connectivity index (χ3n) is 6.42. The van der Waals surface area contributed by atoms with Crippen LogP contribution in [0.4, 0.5) is 19.0 Å². The minimum Gasteiger partial charge on any atom is -0.383 e. The Kier molecular flexibility index (Phi) is 6.78. The van der Waals surface area contributed by atoms with Crippen LogP contribution in [-0.2, 0) is 26.3 Å². The summed E-state index contributed by atoms with van der Waals surface area (Å²) < 4.78 is 40.8. The number of alkyl halides is 3. The number of aryl methyl sites for hydroxylation is 2. The maximum absolute atomic E-state index is 13.7. The lowest BCUT2D eigenvalue weighted by Crippen LogP contribution is -2.30. The highest BCUT2D eigenvalue weighted by Crippen LogP contribution is 2.29. The van der Waals surface area contributed by atoms with Gasteiger partial charge >= 0.3 is 6.18 Å². The fourth-order valence-corrected chi connectivity index (χ4v) is 4.26. The van der Waals surface area contributed by atoms with Gasteiger partial charge in [-0.25, -0.2) is 4.98 Å². The zero-order valence-electron chi connectivity index (χ0n) is 21.3. The summed E-state index contributed by atoms with van der Waals surface area (Å²) in [5.41, 5.74) is 9.90. The van der Waals surface area contributed by atoms with Crippen LogP contribution in [0.1, 0.15) is 32.7 Å². The van der Waals surface area contributed by atoms with Crippen LogP contribution < -0.4 is 5.73 Å². The quantitative estimate of drug-likeness (QED) is 0.301. The van der Waals surface area contributed by atoms with Gasteiger partial charge in [-0.1, -0.05) is 24.3 Å². The van der Waals surface area contributed by atoms with Crippen molar-refractivity contribution in [2.24, 2.45) is 7.05 Å². The lowest BCUT2D eigenvalue weighted by atomic mass is 10.1. The summed E-state index contributed by atoms with van der Waals surface area (Å²) in [5.74, 6) is 0.132. The lowest BCUT2D eigenvalue weighted by molar-refractivity contribution is -0.137. The van der Waals surface area contributed by atoms with E-state index in [9.17, 15) is 18.0 Å². The Bertz CT molecular complexity index is 1640. The van der Waals surface area contributed by atoms with Crippen LogP contribution in [0.2, 0.25) is 0 Å². The van der Waals surface area contributed by atoms with Gasteiger partial charge in [0.2, 0.25) is 0 Å². The summed E-state index contributed by atoms with van der Waals surface area (Å²) in [6, 6.07) is 18.8. The number of hydrogen-bond donors (Lipinski definition) is 1. The topological polar surface area (TPSA) is 89.9 Å². The van der Waals surface area contributed by atoms with Crippen molar-refractivity contribution >= 4 is 22.6 Å². The number of nitrogen functional groups attached to an aromatic ring is 1. The fourth-order valence-electron chi connectivity index (χ4n) is 4.26. The molecule has 0 saturated heterocycles. The molecule has 2 aromatic carbocycles. The summed E-state index contributed by atoms with van der Waals surface area (Å²) in [5, 5.41) is 5.17. The summed E-state index contributed by atoms with van der Waals surface area (Å²) >= 11 is 0. The lowest BCUT2D eigenvalue weighted by Gasteiger charge is -2.23. The largest absolute Gasteiger partial charge is 0.417 e. The molecule has 3 aromatic heterocycles. The Balaban J connectivity index is 1.45. The second kappa shape index (κ2) is 10.2. The number of rotatable bonds is 6. The molecule has 10 heteroatoms. The number of aromatic nitrogens is 4. The summed E-state index contributed by atoms with van der Waals surface area (Å²) in [4.78, 5) is 23.6. The average Bonchev–Trinajstić information content (AvgIpc) is 3.34. The summed E-state index contributed by atoms with van der Waals surface area (Å²) in [7, 11) is 1.84. The van der Waals surface area contributed by atoms with Gasteiger partial charge in [-0.3, -0.25) is 14.5 Å². The highest BCUT2D eigenvalue weighted by molar-refractivity contribution is 5.98. The van der Waals surface area contributed by atoms with E-state index in [1.807, 2.05) is 56.6 Å². The number of nitrogens with zero attached hydrogens (tertiary/aromatic N) is 5.